The van der Waals surface area contributed by atoms with Gasteiger partial charge in [0.25, 0.3) is 10.0 Å². The second-order valence-corrected chi connectivity index (χ2v) is 5.47. The third-order valence-corrected chi connectivity index (χ3v) is 4.30. The van der Waals surface area contributed by atoms with Crippen LogP contribution in [0.4, 0.5) is 8.78 Å². The standard InChI is InChI=1S/C8H8BrF2NO3S/c1-12(15-2)16(13,14)6-4-3-5(10)7(9)8(6)11/h3-4H,1-2H3. The molecule has 0 aromatic heterocycles. The third-order valence-electron chi connectivity index (χ3n) is 1.87. The first kappa shape index (κ1) is 13.5. The zero-order valence-electron chi connectivity index (χ0n) is 8.37. The molecular weight excluding hydrogens is 308 g/mol. The van der Waals surface area contributed by atoms with E-state index in [1.54, 1.807) is 0 Å². The largest absolute Gasteiger partial charge is 0.288 e. The van der Waals surface area contributed by atoms with Gasteiger partial charge in [-0.2, -0.15) is 0 Å². The highest BCUT2D eigenvalue weighted by molar-refractivity contribution is 9.10. The van der Waals surface area contributed by atoms with Crippen LogP contribution in [0.1, 0.15) is 0 Å². The van der Waals surface area contributed by atoms with Crippen LogP contribution in [0.25, 0.3) is 0 Å². The van der Waals surface area contributed by atoms with Crippen LogP contribution in [-0.4, -0.2) is 27.0 Å². The van der Waals surface area contributed by atoms with E-state index in [1.165, 1.54) is 0 Å². The van der Waals surface area contributed by atoms with Crippen LogP contribution in [-0.2, 0) is 14.9 Å². The molecule has 0 aliphatic carbocycles. The van der Waals surface area contributed by atoms with E-state index in [-0.39, 0.29) is 0 Å². The summed E-state index contributed by atoms with van der Waals surface area (Å²) in [5.74, 6) is -2.07. The fourth-order valence-corrected chi connectivity index (χ4v) is 2.46. The molecule has 0 aliphatic heterocycles. The van der Waals surface area contributed by atoms with Gasteiger partial charge in [0.2, 0.25) is 0 Å². The first-order valence-corrected chi connectivity index (χ1v) is 6.22. The molecule has 4 nitrogen and oxygen atoms in total. The molecular formula is C8H8BrF2NO3S. The number of benzene rings is 1. The summed E-state index contributed by atoms with van der Waals surface area (Å²) in [6.07, 6.45) is 0. The van der Waals surface area contributed by atoms with Crippen molar-refractivity contribution in [3.8, 4) is 0 Å². The van der Waals surface area contributed by atoms with Crippen LogP contribution >= 0.6 is 15.9 Å². The minimum Gasteiger partial charge on any atom is -0.288 e. The maximum Gasteiger partial charge on any atom is 0.267 e. The second-order valence-electron chi connectivity index (χ2n) is 2.77. The molecule has 0 radical (unpaired) electrons. The summed E-state index contributed by atoms with van der Waals surface area (Å²) < 4.78 is 49.7. The van der Waals surface area contributed by atoms with Gasteiger partial charge in [0.1, 0.15) is 10.7 Å². The molecule has 0 amide bonds. The van der Waals surface area contributed by atoms with Crippen molar-refractivity contribution in [2.75, 3.05) is 14.2 Å². The molecule has 0 saturated carbocycles. The van der Waals surface area contributed by atoms with E-state index < -0.39 is 31.0 Å². The highest BCUT2D eigenvalue weighted by Crippen LogP contribution is 2.27. The van der Waals surface area contributed by atoms with Gasteiger partial charge in [0, 0.05) is 7.05 Å². The summed E-state index contributed by atoms with van der Waals surface area (Å²) in [4.78, 5) is 3.80. The van der Waals surface area contributed by atoms with Gasteiger partial charge >= 0.3 is 0 Å². The number of sulfonamides is 1. The first-order chi connectivity index (χ1) is 7.32. The normalized spacial score (nSPS) is 12.1. The van der Waals surface area contributed by atoms with E-state index in [4.69, 9.17) is 0 Å². The number of hydrogen-bond donors (Lipinski definition) is 0. The Balaban J connectivity index is 3.41. The average Bonchev–Trinajstić information content (AvgIpc) is 2.24. The molecule has 1 aromatic rings. The van der Waals surface area contributed by atoms with Crippen molar-refractivity contribution in [3.05, 3.63) is 28.2 Å². The lowest BCUT2D eigenvalue weighted by Crippen LogP contribution is -2.26. The minimum absolute atomic E-state index is 0.482. The minimum atomic E-state index is -4.12. The van der Waals surface area contributed by atoms with Gasteiger partial charge in [-0.3, -0.25) is 4.84 Å². The lowest BCUT2D eigenvalue weighted by molar-refractivity contribution is -0.0260. The quantitative estimate of drug-likeness (QED) is 0.632. The van der Waals surface area contributed by atoms with Gasteiger partial charge < -0.3 is 0 Å². The Hall–Kier alpha value is -0.570. The number of halogens is 3. The molecule has 0 unspecified atom stereocenters. The lowest BCUT2D eigenvalue weighted by atomic mass is 10.3. The van der Waals surface area contributed by atoms with Crippen molar-refractivity contribution in [2.45, 2.75) is 4.90 Å². The zero-order valence-corrected chi connectivity index (χ0v) is 10.8. The van der Waals surface area contributed by atoms with Gasteiger partial charge in [0.05, 0.1) is 11.6 Å². The van der Waals surface area contributed by atoms with Crippen LogP contribution < -0.4 is 0 Å². The first-order valence-electron chi connectivity index (χ1n) is 3.99. The van der Waals surface area contributed by atoms with Crippen LogP contribution in [0.3, 0.4) is 0 Å². The Bertz CT molecular complexity index is 506. The molecule has 0 N–H and O–H groups in total. The molecule has 0 saturated heterocycles. The van der Waals surface area contributed by atoms with E-state index in [0.29, 0.717) is 4.47 Å². The summed E-state index contributed by atoms with van der Waals surface area (Å²) in [5.41, 5.74) is 0. The highest BCUT2D eigenvalue weighted by Gasteiger charge is 2.27. The molecule has 16 heavy (non-hydrogen) atoms. The molecule has 1 aromatic carbocycles. The van der Waals surface area contributed by atoms with Crippen LogP contribution in [0.5, 0.6) is 0 Å². The predicted octanol–water partition coefficient (Wildman–Crippen LogP) is 1.91. The molecule has 90 valence electrons. The Morgan fingerprint density at radius 2 is 1.94 bits per heavy atom. The number of rotatable bonds is 3. The van der Waals surface area contributed by atoms with Crippen molar-refractivity contribution in [1.82, 2.24) is 4.47 Å². The summed E-state index contributed by atoms with van der Waals surface area (Å²) in [6, 6.07) is 1.68. The van der Waals surface area contributed by atoms with Crippen LogP contribution in [0.15, 0.2) is 21.5 Å². The Labute approximate surface area is 99.9 Å². The van der Waals surface area contributed by atoms with E-state index in [0.717, 1.165) is 26.3 Å². The van der Waals surface area contributed by atoms with Crippen molar-refractivity contribution >= 4 is 26.0 Å². The van der Waals surface area contributed by atoms with Crippen molar-refractivity contribution in [1.29, 1.82) is 0 Å². The number of nitrogens with zero attached hydrogens (tertiary/aromatic N) is 1. The zero-order chi connectivity index (χ0) is 12.5. The van der Waals surface area contributed by atoms with Gasteiger partial charge in [-0.15, -0.1) is 0 Å². The van der Waals surface area contributed by atoms with Crippen molar-refractivity contribution < 1.29 is 22.0 Å². The molecule has 8 heteroatoms. The number of hydrogen-bond acceptors (Lipinski definition) is 3. The Morgan fingerprint density at radius 1 is 1.38 bits per heavy atom. The van der Waals surface area contributed by atoms with E-state index in [1.807, 2.05) is 0 Å². The molecule has 0 spiro atoms. The molecule has 0 aliphatic rings. The smallest absolute Gasteiger partial charge is 0.267 e. The Kier molecular flexibility index (Phi) is 4.00. The van der Waals surface area contributed by atoms with Crippen LogP contribution in [0.2, 0.25) is 0 Å². The monoisotopic (exact) mass is 315 g/mol. The van der Waals surface area contributed by atoms with Gasteiger partial charge in [-0.1, -0.05) is 4.47 Å². The average molecular weight is 316 g/mol. The van der Waals surface area contributed by atoms with Gasteiger partial charge in [0.15, 0.2) is 5.82 Å². The molecule has 0 heterocycles. The molecule has 0 bridgehead atoms. The van der Waals surface area contributed by atoms with Crippen molar-refractivity contribution in [2.24, 2.45) is 0 Å². The van der Waals surface area contributed by atoms with E-state index >= 15 is 0 Å². The highest BCUT2D eigenvalue weighted by atomic mass is 79.9. The topological polar surface area (TPSA) is 46.6 Å². The summed E-state index contributed by atoms with van der Waals surface area (Å²) in [6.45, 7) is 0. The van der Waals surface area contributed by atoms with Crippen LogP contribution in [0, 0.1) is 11.6 Å². The van der Waals surface area contributed by atoms with E-state index in [2.05, 4.69) is 20.8 Å². The second kappa shape index (κ2) is 4.74. The SMILES string of the molecule is CON(C)S(=O)(=O)c1ccc(F)c(Br)c1F. The summed E-state index contributed by atoms with van der Waals surface area (Å²) >= 11 is 2.62. The van der Waals surface area contributed by atoms with Gasteiger partial charge in [-0.25, -0.2) is 17.2 Å². The fourth-order valence-electron chi connectivity index (χ4n) is 0.944. The maximum atomic E-state index is 13.5. The third kappa shape index (κ3) is 2.24. The molecule has 1 rings (SSSR count). The van der Waals surface area contributed by atoms with Crippen molar-refractivity contribution in [3.63, 3.8) is 0 Å². The number of hydroxylamine groups is 1. The fraction of sp³-hybridized carbons (Fsp3) is 0.250. The predicted molar refractivity (Wildman–Crippen MR) is 56.0 cm³/mol. The lowest BCUT2D eigenvalue weighted by Gasteiger charge is -2.14. The van der Waals surface area contributed by atoms with Gasteiger partial charge in [-0.05, 0) is 28.1 Å². The summed E-state index contributed by atoms with van der Waals surface area (Å²) in [7, 11) is -1.90. The Morgan fingerprint density at radius 3 is 2.44 bits per heavy atom. The molecule has 0 fully saturated rings. The molecule has 0 atom stereocenters. The summed E-state index contributed by atoms with van der Waals surface area (Å²) in [5, 5.41) is 0. The maximum absolute atomic E-state index is 13.5. The van der Waals surface area contributed by atoms with E-state index in [9.17, 15) is 17.2 Å².